The summed E-state index contributed by atoms with van der Waals surface area (Å²) in [4.78, 5) is 13.1. The Balaban J connectivity index is 1.85. The quantitative estimate of drug-likeness (QED) is 0.668. The van der Waals surface area contributed by atoms with Gasteiger partial charge in [-0.25, -0.2) is 8.42 Å². The molecule has 0 aliphatic carbocycles. The molecule has 1 atom stereocenters. The third kappa shape index (κ3) is 5.23. The molecule has 1 saturated heterocycles. The fourth-order valence-corrected chi connectivity index (χ4v) is 5.47. The molecule has 5 nitrogen and oxygen atoms in total. The number of benzene rings is 2. The van der Waals surface area contributed by atoms with Crippen molar-refractivity contribution < 1.29 is 13.2 Å². The van der Waals surface area contributed by atoms with Crippen LogP contribution in [-0.4, -0.2) is 31.7 Å². The van der Waals surface area contributed by atoms with Gasteiger partial charge in [-0.3, -0.25) is 4.79 Å². The van der Waals surface area contributed by atoms with E-state index in [1.54, 1.807) is 0 Å². The first-order chi connectivity index (χ1) is 14.3. The molecule has 1 amide bonds. The normalized spacial score (nSPS) is 16.6. The van der Waals surface area contributed by atoms with E-state index < -0.39 is 10.0 Å². The number of nitrogens with one attached hydrogen (secondary N) is 1. The Kier molecular flexibility index (Phi) is 7.55. The molecule has 0 bridgehead atoms. The van der Waals surface area contributed by atoms with Crippen LogP contribution in [0.15, 0.2) is 47.4 Å². The first-order valence-electron chi connectivity index (χ1n) is 10.5. The Labute approximate surface area is 184 Å². The number of nitrogens with zero attached hydrogens (tertiary/aromatic N) is 1. The van der Waals surface area contributed by atoms with E-state index in [0.29, 0.717) is 19.5 Å². The summed E-state index contributed by atoms with van der Waals surface area (Å²) in [6.07, 6.45) is 4.50. The molecule has 1 fully saturated rings. The van der Waals surface area contributed by atoms with Crippen LogP contribution in [-0.2, 0) is 10.0 Å². The van der Waals surface area contributed by atoms with Gasteiger partial charge in [-0.1, -0.05) is 61.2 Å². The molecular formula is C23H29ClN2O3S. The zero-order valence-corrected chi connectivity index (χ0v) is 19.1. The number of amides is 1. The number of carbonyl (C=O) groups is 1. The van der Waals surface area contributed by atoms with E-state index in [9.17, 15) is 13.2 Å². The number of rotatable bonds is 6. The number of carbonyl (C=O) groups excluding carboxylic acids is 1. The van der Waals surface area contributed by atoms with Crippen LogP contribution in [0.3, 0.4) is 0 Å². The molecule has 0 spiro atoms. The highest BCUT2D eigenvalue weighted by molar-refractivity contribution is 7.89. The van der Waals surface area contributed by atoms with Gasteiger partial charge in [0.1, 0.15) is 0 Å². The molecule has 1 heterocycles. The lowest BCUT2D eigenvalue weighted by Crippen LogP contribution is -2.32. The standard InChI is InChI=1S/C23H29ClN2O3S/c1-3-22(18-10-8-17(2)9-11-18)25-23(27)20-16-19(12-13-21(20)24)30(28,29)26-14-6-4-5-7-15-26/h8-13,16,22H,3-7,14-15H2,1-2H3,(H,25,27)/t22-/m0/s1. The van der Waals surface area contributed by atoms with Crippen molar-refractivity contribution in [3.63, 3.8) is 0 Å². The molecule has 2 aromatic rings. The Morgan fingerprint density at radius 2 is 1.70 bits per heavy atom. The van der Waals surface area contributed by atoms with E-state index in [1.807, 2.05) is 38.1 Å². The van der Waals surface area contributed by atoms with Crippen molar-refractivity contribution in [1.29, 1.82) is 0 Å². The molecule has 2 aromatic carbocycles. The fourth-order valence-electron chi connectivity index (χ4n) is 3.73. The molecule has 30 heavy (non-hydrogen) atoms. The second-order valence-electron chi connectivity index (χ2n) is 7.80. The summed E-state index contributed by atoms with van der Waals surface area (Å²) in [5, 5.41) is 3.23. The lowest BCUT2D eigenvalue weighted by atomic mass is 10.0. The number of sulfonamides is 1. The predicted molar refractivity (Wildman–Crippen MR) is 120 cm³/mol. The minimum absolute atomic E-state index is 0.113. The molecular weight excluding hydrogens is 420 g/mol. The lowest BCUT2D eigenvalue weighted by Gasteiger charge is -2.21. The average Bonchev–Trinajstić information content (AvgIpc) is 3.03. The summed E-state index contributed by atoms with van der Waals surface area (Å²) in [7, 11) is -3.65. The Hall–Kier alpha value is -1.89. The summed E-state index contributed by atoms with van der Waals surface area (Å²) in [5.74, 6) is -0.375. The highest BCUT2D eigenvalue weighted by Crippen LogP contribution is 2.26. The van der Waals surface area contributed by atoms with E-state index >= 15 is 0 Å². The van der Waals surface area contributed by atoms with Crippen molar-refractivity contribution in [2.75, 3.05) is 13.1 Å². The zero-order chi connectivity index (χ0) is 21.7. The molecule has 0 unspecified atom stereocenters. The smallest absolute Gasteiger partial charge is 0.253 e. The number of halogens is 1. The molecule has 0 aromatic heterocycles. The zero-order valence-electron chi connectivity index (χ0n) is 17.5. The maximum Gasteiger partial charge on any atom is 0.253 e. The van der Waals surface area contributed by atoms with Gasteiger partial charge in [0.2, 0.25) is 10.0 Å². The van der Waals surface area contributed by atoms with Gasteiger partial charge in [0.25, 0.3) is 5.91 Å². The van der Waals surface area contributed by atoms with Crippen LogP contribution in [0.2, 0.25) is 5.02 Å². The van der Waals surface area contributed by atoms with Crippen LogP contribution in [0.4, 0.5) is 0 Å². The molecule has 3 rings (SSSR count). The number of hydrogen-bond acceptors (Lipinski definition) is 3. The van der Waals surface area contributed by atoms with Gasteiger partial charge in [-0.2, -0.15) is 4.31 Å². The first-order valence-corrected chi connectivity index (χ1v) is 12.3. The SMILES string of the molecule is CC[C@H](NC(=O)c1cc(S(=O)(=O)N2CCCCCC2)ccc1Cl)c1ccc(C)cc1. The van der Waals surface area contributed by atoms with Crippen LogP contribution >= 0.6 is 11.6 Å². The van der Waals surface area contributed by atoms with E-state index in [2.05, 4.69) is 5.32 Å². The average molecular weight is 449 g/mol. The van der Waals surface area contributed by atoms with Crippen molar-refractivity contribution in [1.82, 2.24) is 9.62 Å². The van der Waals surface area contributed by atoms with Gasteiger partial charge < -0.3 is 5.32 Å². The number of hydrogen-bond donors (Lipinski definition) is 1. The molecule has 1 aliphatic rings. The third-order valence-electron chi connectivity index (χ3n) is 5.58. The first kappa shape index (κ1) is 22.8. The minimum atomic E-state index is -3.65. The van der Waals surface area contributed by atoms with Crippen molar-refractivity contribution in [2.24, 2.45) is 0 Å². The number of aryl methyl sites for hydroxylation is 1. The van der Waals surface area contributed by atoms with Crippen molar-refractivity contribution in [2.45, 2.75) is 56.9 Å². The van der Waals surface area contributed by atoms with E-state index in [0.717, 1.165) is 36.8 Å². The predicted octanol–water partition coefficient (Wildman–Crippen LogP) is 5.09. The maximum absolute atomic E-state index is 13.1. The third-order valence-corrected chi connectivity index (χ3v) is 7.80. The Bertz CT molecular complexity index is 982. The van der Waals surface area contributed by atoms with Crippen molar-refractivity contribution in [3.05, 3.63) is 64.2 Å². The fraction of sp³-hybridized carbons (Fsp3) is 0.435. The summed E-state index contributed by atoms with van der Waals surface area (Å²) >= 11 is 6.28. The second-order valence-corrected chi connectivity index (χ2v) is 10.2. The largest absolute Gasteiger partial charge is 0.345 e. The molecule has 7 heteroatoms. The van der Waals surface area contributed by atoms with Crippen LogP contribution in [0, 0.1) is 6.92 Å². The lowest BCUT2D eigenvalue weighted by molar-refractivity contribution is 0.0935. The van der Waals surface area contributed by atoms with Crippen LogP contribution in [0.1, 0.15) is 66.6 Å². The monoisotopic (exact) mass is 448 g/mol. The molecule has 162 valence electrons. The summed E-state index contributed by atoms with van der Waals surface area (Å²) in [6, 6.07) is 12.2. The summed E-state index contributed by atoms with van der Waals surface area (Å²) in [5.41, 5.74) is 2.33. The molecule has 0 radical (unpaired) electrons. The summed E-state index contributed by atoms with van der Waals surface area (Å²) in [6.45, 7) is 5.03. The van der Waals surface area contributed by atoms with Crippen molar-refractivity contribution in [3.8, 4) is 0 Å². The summed E-state index contributed by atoms with van der Waals surface area (Å²) < 4.78 is 27.7. The highest BCUT2D eigenvalue weighted by atomic mass is 35.5. The highest BCUT2D eigenvalue weighted by Gasteiger charge is 2.27. The Morgan fingerprint density at radius 1 is 1.07 bits per heavy atom. The topological polar surface area (TPSA) is 66.5 Å². The Morgan fingerprint density at radius 3 is 2.30 bits per heavy atom. The van der Waals surface area contributed by atoms with Crippen LogP contribution in [0.25, 0.3) is 0 Å². The van der Waals surface area contributed by atoms with E-state index in [-0.39, 0.29) is 27.4 Å². The van der Waals surface area contributed by atoms with Gasteiger partial charge in [-0.15, -0.1) is 0 Å². The molecule has 1 aliphatic heterocycles. The molecule has 1 N–H and O–H groups in total. The van der Waals surface area contributed by atoms with Gasteiger partial charge in [0.05, 0.1) is 21.5 Å². The van der Waals surface area contributed by atoms with Gasteiger partial charge in [0.15, 0.2) is 0 Å². The van der Waals surface area contributed by atoms with Gasteiger partial charge in [-0.05, 0) is 49.9 Å². The second kappa shape index (κ2) is 9.94. The minimum Gasteiger partial charge on any atom is -0.345 e. The van der Waals surface area contributed by atoms with Crippen LogP contribution in [0.5, 0.6) is 0 Å². The molecule has 0 saturated carbocycles. The van der Waals surface area contributed by atoms with Crippen LogP contribution < -0.4 is 5.32 Å². The van der Waals surface area contributed by atoms with E-state index in [1.165, 1.54) is 22.5 Å². The van der Waals surface area contributed by atoms with Crippen molar-refractivity contribution >= 4 is 27.5 Å². The van der Waals surface area contributed by atoms with Gasteiger partial charge >= 0.3 is 0 Å². The maximum atomic E-state index is 13.1. The van der Waals surface area contributed by atoms with E-state index in [4.69, 9.17) is 11.6 Å². The van der Waals surface area contributed by atoms with Gasteiger partial charge in [0, 0.05) is 13.1 Å².